The second-order valence-electron chi connectivity index (χ2n) is 8.51. The zero-order valence-corrected chi connectivity index (χ0v) is 21.8. The fraction of sp³-hybridized carbons (Fsp3) is 0.148. The van der Waals surface area contributed by atoms with Gasteiger partial charge in [-0.15, -0.1) is 0 Å². The van der Waals surface area contributed by atoms with Crippen LogP contribution in [0.2, 0.25) is 0 Å². The molecule has 1 saturated heterocycles. The number of nitrogens with one attached hydrogen (secondary N) is 1. The van der Waals surface area contributed by atoms with Crippen molar-refractivity contribution in [1.82, 2.24) is 4.90 Å². The third-order valence-corrected chi connectivity index (χ3v) is 6.74. The molecule has 0 spiro atoms. The first-order valence-electron chi connectivity index (χ1n) is 11.8. The molecule has 204 valence electrons. The van der Waals surface area contributed by atoms with Gasteiger partial charge in [-0.2, -0.15) is 0 Å². The van der Waals surface area contributed by atoms with Crippen molar-refractivity contribution >= 4 is 46.3 Å². The fourth-order valence-corrected chi connectivity index (χ4v) is 4.76. The predicted octanol–water partition coefficient (Wildman–Crippen LogP) is 4.59. The van der Waals surface area contributed by atoms with Crippen LogP contribution < -0.4 is 24.3 Å². The summed E-state index contributed by atoms with van der Waals surface area (Å²) in [5, 5.41) is 13.1. The lowest BCUT2D eigenvalue weighted by Gasteiger charge is -2.13. The van der Waals surface area contributed by atoms with E-state index in [4.69, 9.17) is 18.9 Å². The highest BCUT2D eigenvalue weighted by atomic mass is 32.2. The van der Waals surface area contributed by atoms with Crippen LogP contribution in [0.25, 0.3) is 6.08 Å². The smallest absolute Gasteiger partial charge is 0.294 e. The minimum Gasteiger partial charge on any atom is -0.493 e. The van der Waals surface area contributed by atoms with Crippen LogP contribution in [0, 0.1) is 10.1 Å². The van der Waals surface area contributed by atoms with Crippen molar-refractivity contribution in [3.63, 3.8) is 0 Å². The molecule has 1 N–H and O–H groups in total. The first-order valence-corrected chi connectivity index (χ1v) is 12.6. The van der Waals surface area contributed by atoms with Crippen LogP contribution in [0.15, 0.2) is 65.6 Å². The second kappa shape index (κ2) is 11.4. The summed E-state index contributed by atoms with van der Waals surface area (Å²) in [6.07, 6.45) is 1.52. The highest BCUT2D eigenvalue weighted by molar-refractivity contribution is 8.18. The normalized spacial score (nSPS) is 14.9. The van der Waals surface area contributed by atoms with E-state index in [0.717, 1.165) is 16.7 Å². The van der Waals surface area contributed by atoms with Crippen LogP contribution in [-0.2, 0) is 16.2 Å². The van der Waals surface area contributed by atoms with Crippen molar-refractivity contribution in [3.05, 3.63) is 86.8 Å². The second-order valence-corrected chi connectivity index (χ2v) is 9.50. The number of carbonyl (C=O) groups excluding carboxylic acids is 3. The van der Waals surface area contributed by atoms with E-state index in [1.165, 1.54) is 25.3 Å². The number of carbonyl (C=O) groups is 3. The minimum atomic E-state index is -0.596. The monoisotopic (exact) mass is 563 g/mol. The SMILES string of the molecule is COc1cc(/C=C2/SC(=O)N(CC(=O)Nc3ccc4c(c3)OCO4)C2=O)ccc1OCc1cccc([N+](=O)[O-])c1. The Labute approximate surface area is 231 Å². The summed E-state index contributed by atoms with van der Waals surface area (Å²) in [7, 11) is 1.45. The summed E-state index contributed by atoms with van der Waals surface area (Å²) in [6, 6.07) is 15.9. The van der Waals surface area contributed by atoms with Crippen LogP contribution in [0.4, 0.5) is 16.2 Å². The van der Waals surface area contributed by atoms with Gasteiger partial charge in [-0.25, -0.2) is 0 Å². The third kappa shape index (κ3) is 5.83. The summed E-state index contributed by atoms with van der Waals surface area (Å²) < 4.78 is 21.7. The van der Waals surface area contributed by atoms with Gasteiger partial charge in [0.25, 0.3) is 16.8 Å². The lowest BCUT2D eigenvalue weighted by Crippen LogP contribution is -2.36. The Kier molecular flexibility index (Phi) is 7.55. The lowest BCUT2D eigenvalue weighted by atomic mass is 10.1. The van der Waals surface area contributed by atoms with Gasteiger partial charge < -0.3 is 24.3 Å². The van der Waals surface area contributed by atoms with Crippen LogP contribution in [-0.4, -0.2) is 47.3 Å². The van der Waals surface area contributed by atoms with E-state index in [2.05, 4.69) is 5.32 Å². The quantitative estimate of drug-likeness (QED) is 0.223. The van der Waals surface area contributed by atoms with Gasteiger partial charge in [-0.3, -0.25) is 29.4 Å². The molecule has 12 nitrogen and oxygen atoms in total. The summed E-state index contributed by atoms with van der Waals surface area (Å²) in [6.45, 7) is -0.285. The molecule has 0 atom stereocenters. The van der Waals surface area contributed by atoms with Crippen LogP contribution in [0.3, 0.4) is 0 Å². The number of rotatable bonds is 9. The number of ether oxygens (including phenoxy) is 4. The number of thioether (sulfide) groups is 1. The number of anilines is 1. The van der Waals surface area contributed by atoms with Crippen molar-refractivity contribution in [1.29, 1.82) is 0 Å². The van der Waals surface area contributed by atoms with E-state index in [9.17, 15) is 24.5 Å². The number of nitrogens with zero attached hydrogens (tertiary/aromatic N) is 2. The fourth-order valence-electron chi connectivity index (χ4n) is 3.92. The van der Waals surface area contributed by atoms with Gasteiger partial charge in [0, 0.05) is 23.9 Å². The molecule has 0 unspecified atom stereocenters. The maximum Gasteiger partial charge on any atom is 0.294 e. The molecule has 3 amide bonds. The van der Waals surface area contributed by atoms with Gasteiger partial charge in [0.2, 0.25) is 12.7 Å². The standard InChI is InChI=1S/C27H21N3O9S/c1-36-22-10-16(5-7-20(22)37-14-17-3-2-4-19(9-17)30(34)35)11-24-26(32)29(27(33)40-24)13-25(31)28-18-6-8-21-23(12-18)39-15-38-21/h2-12H,13-15H2,1H3,(H,28,31)/b24-11+. The summed E-state index contributed by atoms with van der Waals surface area (Å²) in [5.41, 5.74) is 1.57. The maximum atomic E-state index is 12.9. The van der Waals surface area contributed by atoms with Crippen molar-refractivity contribution in [3.8, 4) is 23.0 Å². The Morgan fingerprint density at radius 1 is 1.10 bits per heavy atom. The first-order chi connectivity index (χ1) is 19.3. The molecule has 1 fully saturated rings. The van der Waals surface area contributed by atoms with Crippen molar-refractivity contribution in [2.24, 2.45) is 0 Å². The lowest BCUT2D eigenvalue weighted by molar-refractivity contribution is -0.384. The molecule has 0 radical (unpaired) electrons. The Morgan fingerprint density at radius 2 is 1.93 bits per heavy atom. The molecule has 3 aromatic carbocycles. The molecular weight excluding hydrogens is 542 g/mol. The van der Waals surface area contributed by atoms with E-state index in [0.29, 0.717) is 39.8 Å². The number of imide groups is 1. The molecule has 2 aliphatic heterocycles. The Morgan fingerprint density at radius 3 is 2.73 bits per heavy atom. The number of benzene rings is 3. The average molecular weight is 564 g/mol. The van der Waals surface area contributed by atoms with Gasteiger partial charge in [-0.1, -0.05) is 18.2 Å². The zero-order chi connectivity index (χ0) is 28.2. The first kappa shape index (κ1) is 26.6. The van der Waals surface area contributed by atoms with Gasteiger partial charge >= 0.3 is 0 Å². The van der Waals surface area contributed by atoms with Crippen LogP contribution >= 0.6 is 11.8 Å². The molecule has 0 saturated carbocycles. The topological polar surface area (TPSA) is 147 Å². The number of hydrogen-bond acceptors (Lipinski definition) is 10. The highest BCUT2D eigenvalue weighted by Gasteiger charge is 2.36. The summed E-state index contributed by atoms with van der Waals surface area (Å²) >= 11 is 0.725. The number of fused-ring (bicyclic) bond motifs is 1. The number of nitro benzene ring substituents is 1. The van der Waals surface area contributed by atoms with Crippen molar-refractivity contribution in [2.45, 2.75) is 6.61 Å². The van der Waals surface area contributed by atoms with E-state index < -0.39 is 28.5 Å². The van der Waals surface area contributed by atoms with Gasteiger partial charge in [0.1, 0.15) is 13.2 Å². The third-order valence-electron chi connectivity index (χ3n) is 5.83. The van der Waals surface area contributed by atoms with Crippen molar-refractivity contribution in [2.75, 3.05) is 25.8 Å². The van der Waals surface area contributed by atoms with Crippen LogP contribution in [0.5, 0.6) is 23.0 Å². The van der Waals surface area contributed by atoms with Crippen LogP contribution in [0.1, 0.15) is 11.1 Å². The zero-order valence-electron chi connectivity index (χ0n) is 20.9. The predicted molar refractivity (Wildman–Crippen MR) is 144 cm³/mol. The minimum absolute atomic E-state index is 0.0391. The maximum absolute atomic E-state index is 12.9. The number of nitro groups is 1. The number of hydrogen-bond donors (Lipinski definition) is 1. The molecule has 0 aromatic heterocycles. The molecule has 13 heteroatoms. The van der Waals surface area contributed by atoms with Gasteiger partial charge in [-0.05, 0) is 53.2 Å². The Balaban J connectivity index is 1.23. The van der Waals surface area contributed by atoms with Crippen molar-refractivity contribution < 1.29 is 38.3 Å². The molecular formula is C27H21N3O9S. The molecule has 5 rings (SSSR count). The highest BCUT2D eigenvalue weighted by Crippen LogP contribution is 2.36. The Hall–Kier alpha value is -5.04. The van der Waals surface area contributed by atoms with Gasteiger partial charge in [0.15, 0.2) is 23.0 Å². The molecule has 0 bridgehead atoms. The summed E-state index contributed by atoms with van der Waals surface area (Å²) in [5.74, 6) is 0.659. The molecule has 0 aliphatic carbocycles. The number of amides is 3. The largest absolute Gasteiger partial charge is 0.493 e. The Bertz CT molecular complexity index is 1560. The molecule has 2 aliphatic rings. The molecule has 3 aromatic rings. The summed E-state index contributed by atoms with van der Waals surface area (Å²) in [4.78, 5) is 49.5. The van der Waals surface area contributed by atoms with E-state index >= 15 is 0 Å². The molecule has 40 heavy (non-hydrogen) atoms. The van der Waals surface area contributed by atoms with Gasteiger partial charge in [0.05, 0.1) is 16.9 Å². The molecule has 2 heterocycles. The van der Waals surface area contributed by atoms with E-state index in [-0.39, 0.29) is 24.0 Å². The van der Waals surface area contributed by atoms with E-state index in [1.807, 2.05) is 0 Å². The number of methoxy groups -OCH3 is 1. The van der Waals surface area contributed by atoms with E-state index in [1.54, 1.807) is 48.5 Å². The average Bonchev–Trinajstić information content (AvgIpc) is 3.51. The number of non-ortho nitro benzene ring substituents is 1.